The van der Waals surface area contributed by atoms with Gasteiger partial charge in [-0.25, -0.2) is 9.59 Å². The largest absolute Gasteiger partial charge is 0.463 e. The molecule has 0 heterocycles. The first-order chi connectivity index (χ1) is 13.1. The minimum Gasteiger partial charge on any atom is -0.463 e. The van der Waals surface area contributed by atoms with E-state index in [1.807, 2.05) is 13.8 Å². The maximum atomic E-state index is 11.9. The molecule has 0 radical (unpaired) electrons. The highest BCUT2D eigenvalue weighted by atomic mass is 16.6. The molecule has 0 amide bonds. The molecule has 6 unspecified atom stereocenters. The third-order valence-corrected chi connectivity index (χ3v) is 4.84. The number of rotatable bonds is 15. The fraction of sp³-hybridized carbons (Fsp3) is 0.900. The van der Waals surface area contributed by atoms with Gasteiger partial charge in [-0.2, -0.15) is 0 Å². The molecule has 6 atom stereocenters. The van der Waals surface area contributed by atoms with E-state index in [-0.39, 0.29) is 25.0 Å². The highest BCUT2D eigenvalue weighted by Gasteiger charge is 2.33. The molecule has 0 saturated carbocycles. The van der Waals surface area contributed by atoms with Crippen molar-refractivity contribution in [2.45, 2.75) is 90.6 Å². The number of hydrogen-bond acceptors (Lipinski definition) is 8. The van der Waals surface area contributed by atoms with Gasteiger partial charge in [0.25, 0.3) is 0 Å². The van der Waals surface area contributed by atoms with Gasteiger partial charge in [0.05, 0.1) is 25.4 Å². The SMILES string of the molecule is CCC(CCC(C)O)COC(=O)C(O)C(O)C(=O)OCC(CC)CCC(C)O. The van der Waals surface area contributed by atoms with Crippen molar-refractivity contribution in [1.82, 2.24) is 0 Å². The number of carbonyl (C=O) groups is 2. The van der Waals surface area contributed by atoms with Gasteiger partial charge in [-0.05, 0) is 51.4 Å². The maximum Gasteiger partial charge on any atom is 0.338 e. The molecule has 8 heteroatoms. The van der Waals surface area contributed by atoms with Crippen LogP contribution in [0.2, 0.25) is 0 Å². The summed E-state index contributed by atoms with van der Waals surface area (Å²) >= 11 is 0. The van der Waals surface area contributed by atoms with Crippen LogP contribution in [-0.2, 0) is 19.1 Å². The van der Waals surface area contributed by atoms with E-state index in [1.165, 1.54) is 0 Å². The van der Waals surface area contributed by atoms with E-state index >= 15 is 0 Å². The lowest BCUT2D eigenvalue weighted by molar-refractivity contribution is -0.174. The number of carbonyl (C=O) groups excluding carboxylic acids is 2. The van der Waals surface area contributed by atoms with E-state index in [9.17, 15) is 30.0 Å². The van der Waals surface area contributed by atoms with Crippen molar-refractivity contribution in [3.63, 3.8) is 0 Å². The van der Waals surface area contributed by atoms with E-state index in [1.54, 1.807) is 13.8 Å². The van der Waals surface area contributed by atoms with Gasteiger partial charge >= 0.3 is 11.9 Å². The molecule has 0 fully saturated rings. The monoisotopic (exact) mass is 406 g/mol. The summed E-state index contributed by atoms with van der Waals surface area (Å²) in [6.45, 7) is 7.28. The van der Waals surface area contributed by atoms with Crippen LogP contribution >= 0.6 is 0 Å². The quantitative estimate of drug-likeness (QED) is 0.298. The number of esters is 2. The van der Waals surface area contributed by atoms with Crippen LogP contribution in [0, 0.1) is 11.8 Å². The van der Waals surface area contributed by atoms with Crippen LogP contribution < -0.4 is 0 Å². The summed E-state index contributed by atoms with van der Waals surface area (Å²) in [6.07, 6.45) is -1.00. The van der Waals surface area contributed by atoms with Gasteiger partial charge < -0.3 is 29.9 Å². The summed E-state index contributed by atoms with van der Waals surface area (Å²) < 4.78 is 10.0. The second-order valence-electron chi connectivity index (χ2n) is 7.55. The Hall–Kier alpha value is -1.22. The average molecular weight is 407 g/mol. The smallest absolute Gasteiger partial charge is 0.338 e. The van der Waals surface area contributed by atoms with Crippen molar-refractivity contribution in [2.75, 3.05) is 13.2 Å². The lowest BCUT2D eigenvalue weighted by Gasteiger charge is -2.20. The molecule has 0 bridgehead atoms. The Morgan fingerprint density at radius 1 is 0.679 bits per heavy atom. The molecule has 0 rings (SSSR count). The molecule has 0 aromatic rings. The van der Waals surface area contributed by atoms with Crippen LogP contribution in [0.15, 0.2) is 0 Å². The standard InChI is InChI=1S/C20H38O8/c1-5-15(9-7-13(3)21)11-27-19(25)17(23)18(24)20(26)28-12-16(6-2)10-8-14(4)22/h13-18,21-24H,5-12H2,1-4H3. The van der Waals surface area contributed by atoms with Crippen LogP contribution in [0.4, 0.5) is 0 Å². The van der Waals surface area contributed by atoms with Crippen LogP contribution in [0.5, 0.6) is 0 Å². The highest BCUT2D eigenvalue weighted by Crippen LogP contribution is 2.15. The molecular formula is C20H38O8. The minimum absolute atomic E-state index is 0.0223. The maximum absolute atomic E-state index is 11.9. The van der Waals surface area contributed by atoms with Gasteiger partial charge in [-0.15, -0.1) is 0 Å². The normalized spacial score (nSPS) is 17.9. The van der Waals surface area contributed by atoms with Gasteiger partial charge in [0.1, 0.15) is 0 Å². The van der Waals surface area contributed by atoms with Crippen LogP contribution in [0.3, 0.4) is 0 Å². The summed E-state index contributed by atoms with van der Waals surface area (Å²) in [5.41, 5.74) is 0. The fourth-order valence-corrected chi connectivity index (χ4v) is 2.59. The Kier molecular flexibility index (Phi) is 14.1. The molecule has 28 heavy (non-hydrogen) atoms. The molecular weight excluding hydrogens is 368 g/mol. The number of hydrogen-bond donors (Lipinski definition) is 4. The van der Waals surface area contributed by atoms with E-state index < -0.39 is 36.4 Å². The molecule has 8 nitrogen and oxygen atoms in total. The molecule has 0 aliphatic rings. The third kappa shape index (κ3) is 11.6. The molecule has 0 aliphatic carbocycles. The number of aliphatic hydroxyl groups excluding tert-OH is 4. The Labute approximate surface area is 167 Å². The third-order valence-electron chi connectivity index (χ3n) is 4.84. The molecule has 0 aromatic heterocycles. The topological polar surface area (TPSA) is 134 Å². The summed E-state index contributed by atoms with van der Waals surface area (Å²) in [5.74, 6) is -2.12. The number of ether oxygens (including phenoxy) is 2. The van der Waals surface area contributed by atoms with E-state index in [0.29, 0.717) is 25.7 Å². The van der Waals surface area contributed by atoms with Crippen LogP contribution in [-0.4, -0.2) is 70.0 Å². The minimum atomic E-state index is -2.01. The first-order valence-electron chi connectivity index (χ1n) is 10.2. The zero-order valence-corrected chi connectivity index (χ0v) is 17.5. The summed E-state index contributed by atoms with van der Waals surface area (Å²) in [5, 5.41) is 38.4. The Bertz CT molecular complexity index is 398. The molecule has 0 spiro atoms. The van der Waals surface area contributed by atoms with Gasteiger partial charge in [0.2, 0.25) is 0 Å². The molecule has 4 N–H and O–H groups in total. The summed E-state index contributed by atoms with van der Waals surface area (Å²) in [4.78, 5) is 23.8. The second kappa shape index (κ2) is 14.7. The Morgan fingerprint density at radius 3 is 1.25 bits per heavy atom. The van der Waals surface area contributed by atoms with Crippen molar-refractivity contribution in [1.29, 1.82) is 0 Å². The second-order valence-corrected chi connectivity index (χ2v) is 7.55. The lowest BCUT2D eigenvalue weighted by Crippen LogP contribution is -2.42. The van der Waals surface area contributed by atoms with E-state index in [4.69, 9.17) is 9.47 Å². The predicted molar refractivity (Wildman–Crippen MR) is 103 cm³/mol. The first kappa shape index (κ1) is 26.8. The van der Waals surface area contributed by atoms with Gasteiger partial charge in [0.15, 0.2) is 12.2 Å². The highest BCUT2D eigenvalue weighted by molar-refractivity contribution is 5.85. The zero-order valence-electron chi connectivity index (χ0n) is 17.5. The molecule has 0 aromatic carbocycles. The van der Waals surface area contributed by atoms with Crippen molar-refractivity contribution in [3.8, 4) is 0 Å². The predicted octanol–water partition coefficient (Wildman–Crippen LogP) is 1.17. The fourth-order valence-electron chi connectivity index (χ4n) is 2.59. The molecule has 0 saturated heterocycles. The van der Waals surface area contributed by atoms with Gasteiger partial charge in [-0.3, -0.25) is 0 Å². The van der Waals surface area contributed by atoms with Crippen LogP contribution in [0.25, 0.3) is 0 Å². The van der Waals surface area contributed by atoms with Crippen molar-refractivity contribution < 1.29 is 39.5 Å². The molecule has 166 valence electrons. The number of aliphatic hydroxyl groups is 4. The average Bonchev–Trinajstić information content (AvgIpc) is 2.66. The van der Waals surface area contributed by atoms with Crippen molar-refractivity contribution >= 4 is 11.9 Å². The summed E-state index contributed by atoms with van der Waals surface area (Å²) in [7, 11) is 0. The first-order valence-corrected chi connectivity index (χ1v) is 10.2. The van der Waals surface area contributed by atoms with E-state index in [0.717, 1.165) is 12.8 Å². The molecule has 0 aliphatic heterocycles. The summed E-state index contributed by atoms with van der Waals surface area (Å²) in [6, 6.07) is 0. The van der Waals surface area contributed by atoms with Gasteiger partial charge in [-0.1, -0.05) is 26.7 Å². The van der Waals surface area contributed by atoms with E-state index in [2.05, 4.69) is 0 Å². The lowest BCUT2D eigenvalue weighted by atomic mass is 9.99. The van der Waals surface area contributed by atoms with Crippen molar-refractivity contribution in [3.05, 3.63) is 0 Å². The van der Waals surface area contributed by atoms with Crippen molar-refractivity contribution in [2.24, 2.45) is 11.8 Å². The van der Waals surface area contributed by atoms with Gasteiger partial charge in [0, 0.05) is 0 Å². The Balaban J connectivity index is 4.39. The Morgan fingerprint density at radius 2 is 1.00 bits per heavy atom. The van der Waals surface area contributed by atoms with Crippen LogP contribution in [0.1, 0.15) is 66.2 Å². The zero-order chi connectivity index (χ0) is 21.7.